The van der Waals surface area contributed by atoms with Crippen molar-refractivity contribution in [1.82, 2.24) is 4.90 Å². The maximum Gasteiger partial charge on any atom is 0.335 e. The number of aliphatic hydroxyl groups is 1. The van der Waals surface area contributed by atoms with E-state index in [1.54, 1.807) is 23.1 Å². The SMILES string of the molecule is COC(=O)[C@H]([C@@H](C)O)N(Cc1ccccc1)Cc1cccc(C(=O)O)c1. The molecule has 0 bridgehead atoms. The molecule has 2 N–H and O–H groups in total. The number of hydrogen-bond donors (Lipinski definition) is 2. The van der Waals surface area contributed by atoms with Gasteiger partial charge in [0.25, 0.3) is 0 Å². The van der Waals surface area contributed by atoms with Crippen molar-refractivity contribution in [2.75, 3.05) is 7.11 Å². The minimum absolute atomic E-state index is 0.175. The van der Waals surface area contributed by atoms with Crippen LogP contribution in [0, 0.1) is 0 Å². The lowest BCUT2D eigenvalue weighted by Gasteiger charge is -2.31. The Labute approximate surface area is 152 Å². The third-order valence-corrected chi connectivity index (χ3v) is 4.08. The number of hydrogen-bond acceptors (Lipinski definition) is 5. The van der Waals surface area contributed by atoms with Crippen LogP contribution in [0.4, 0.5) is 0 Å². The molecule has 2 aromatic rings. The van der Waals surface area contributed by atoms with Gasteiger partial charge in [-0.25, -0.2) is 4.79 Å². The highest BCUT2D eigenvalue weighted by Gasteiger charge is 2.31. The Morgan fingerprint density at radius 3 is 2.23 bits per heavy atom. The maximum atomic E-state index is 12.2. The number of carboxylic acid groups (broad SMARTS) is 1. The summed E-state index contributed by atoms with van der Waals surface area (Å²) in [6, 6.07) is 15.2. The molecule has 0 radical (unpaired) electrons. The van der Waals surface area contributed by atoms with Crippen LogP contribution < -0.4 is 0 Å². The van der Waals surface area contributed by atoms with Crippen LogP contribution in [0.3, 0.4) is 0 Å². The van der Waals surface area contributed by atoms with Gasteiger partial charge in [0.15, 0.2) is 0 Å². The lowest BCUT2D eigenvalue weighted by atomic mass is 10.1. The highest BCUT2D eigenvalue weighted by Crippen LogP contribution is 2.18. The van der Waals surface area contributed by atoms with E-state index in [4.69, 9.17) is 4.74 Å². The van der Waals surface area contributed by atoms with E-state index in [0.717, 1.165) is 11.1 Å². The number of ether oxygens (including phenoxy) is 1. The van der Waals surface area contributed by atoms with E-state index in [1.165, 1.54) is 20.1 Å². The summed E-state index contributed by atoms with van der Waals surface area (Å²) in [6.07, 6.45) is -0.950. The van der Waals surface area contributed by atoms with E-state index in [9.17, 15) is 19.8 Å². The Hall–Kier alpha value is -2.70. The van der Waals surface area contributed by atoms with E-state index in [0.29, 0.717) is 13.1 Å². The highest BCUT2D eigenvalue weighted by molar-refractivity contribution is 5.87. The highest BCUT2D eigenvalue weighted by atomic mass is 16.5. The van der Waals surface area contributed by atoms with Gasteiger partial charge in [0.05, 0.1) is 18.8 Å². The van der Waals surface area contributed by atoms with Crippen molar-refractivity contribution in [3.05, 3.63) is 71.3 Å². The van der Waals surface area contributed by atoms with Gasteiger partial charge in [-0.2, -0.15) is 0 Å². The standard InChI is InChI=1S/C20H23NO5/c1-14(22)18(20(25)26-2)21(12-15-7-4-3-5-8-15)13-16-9-6-10-17(11-16)19(23)24/h3-11,14,18,22H,12-13H2,1-2H3,(H,23,24)/t14-,18+/m1/s1. The number of carboxylic acids is 1. The van der Waals surface area contributed by atoms with Gasteiger partial charge >= 0.3 is 11.9 Å². The lowest BCUT2D eigenvalue weighted by molar-refractivity contribution is -0.152. The van der Waals surface area contributed by atoms with Gasteiger partial charge in [-0.1, -0.05) is 42.5 Å². The normalized spacial score (nSPS) is 13.2. The summed E-state index contributed by atoms with van der Waals surface area (Å²) in [6.45, 7) is 2.23. The first-order valence-electron chi connectivity index (χ1n) is 8.28. The van der Waals surface area contributed by atoms with Crippen LogP contribution in [0.2, 0.25) is 0 Å². The Morgan fingerprint density at radius 1 is 1.04 bits per heavy atom. The molecule has 0 spiro atoms. The van der Waals surface area contributed by atoms with E-state index < -0.39 is 24.1 Å². The van der Waals surface area contributed by atoms with Crippen molar-refractivity contribution in [2.45, 2.75) is 32.2 Å². The Balaban J connectivity index is 2.34. The summed E-state index contributed by atoms with van der Waals surface area (Å²) in [5.41, 5.74) is 1.88. The lowest BCUT2D eigenvalue weighted by Crippen LogP contribution is -2.47. The third kappa shape index (κ3) is 5.15. The summed E-state index contributed by atoms with van der Waals surface area (Å²) in [5.74, 6) is -1.55. The zero-order valence-corrected chi connectivity index (χ0v) is 14.8. The minimum Gasteiger partial charge on any atom is -0.478 e. The van der Waals surface area contributed by atoms with Gasteiger partial charge in [0.2, 0.25) is 0 Å². The molecule has 0 aliphatic carbocycles. The average Bonchev–Trinajstić information content (AvgIpc) is 2.62. The number of methoxy groups -OCH3 is 1. The third-order valence-electron chi connectivity index (χ3n) is 4.08. The van der Waals surface area contributed by atoms with Gasteiger partial charge in [0, 0.05) is 13.1 Å². The summed E-state index contributed by atoms with van der Waals surface area (Å²) in [5, 5.41) is 19.3. The van der Waals surface area contributed by atoms with Gasteiger partial charge < -0.3 is 14.9 Å². The molecule has 0 amide bonds. The maximum absolute atomic E-state index is 12.2. The predicted molar refractivity (Wildman–Crippen MR) is 96.6 cm³/mol. The molecule has 6 heteroatoms. The topological polar surface area (TPSA) is 87.1 Å². The van der Waals surface area contributed by atoms with Crippen LogP contribution in [-0.4, -0.2) is 46.3 Å². The first kappa shape index (κ1) is 19.6. The van der Waals surface area contributed by atoms with Crippen LogP contribution >= 0.6 is 0 Å². The van der Waals surface area contributed by atoms with Crippen LogP contribution in [0.25, 0.3) is 0 Å². The van der Waals surface area contributed by atoms with Crippen molar-refractivity contribution in [3.63, 3.8) is 0 Å². The van der Waals surface area contributed by atoms with Crippen molar-refractivity contribution in [3.8, 4) is 0 Å². The molecule has 6 nitrogen and oxygen atoms in total. The number of benzene rings is 2. The molecule has 0 unspecified atom stereocenters. The molecular formula is C20H23NO5. The molecule has 26 heavy (non-hydrogen) atoms. The van der Waals surface area contributed by atoms with Gasteiger partial charge in [-0.3, -0.25) is 9.69 Å². The van der Waals surface area contributed by atoms with Gasteiger partial charge in [-0.15, -0.1) is 0 Å². The number of carbonyl (C=O) groups is 2. The molecule has 2 rings (SSSR count). The first-order valence-corrected chi connectivity index (χ1v) is 8.28. The Kier molecular flexibility index (Phi) is 6.89. The second-order valence-electron chi connectivity index (χ2n) is 6.10. The smallest absolute Gasteiger partial charge is 0.335 e. The van der Waals surface area contributed by atoms with Gasteiger partial charge in [0.1, 0.15) is 6.04 Å². The fourth-order valence-corrected chi connectivity index (χ4v) is 2.88. The molecule has 0 saturated carbocycles. The Morgan fingerprint density at radius 2 is 1.65 bits per heavy atom. The second-order valence-corrected chi connectivity index (χ2v) is 6.10. The fourth-order valence-electron chi connectivity index (χ4n) is 2.88. The Bertz CT molecular complexity index is 745. The monoisotopic (exact) mass is 357 g/mol. The summed E-state index contributed by atoms with van der Waals surface area (Å²) >= 11 is 0. The van der Waals surface area contributed by atoms with Crippen LogP contribution in [-0.2, 0) is 22.6 Å². The summed E-state index contributed by atoms with van der Waals surface area (Å²) in [4.78, 5) is 25.2. The van der Waals surface area contributed by atoms with E-state index in [-0.39, 0.29) is 5.56 Å². The van der Waals surface area contributed by atoms with E-state index >= 15 is 0 Å². The molecule has 138 valence electrons. The first-order chi connectivity index (χ1) is 12.4. The molecule has 0 aliphatic rings. The molecule has 0 aliphatic heterocycles. The molecule has 0 fully saturated rings. The van der Waals surface area contributed by atoms with Crippen LogP contribution in [0.1, 0.15) is 28.4 Å². The average molecular weight is 357 g/mol. The molecule has 2 atom stereocenters. The molecule has 0 saturated heterocycles. The quantitative estimate of drug-likeness (QED) is 0.705. The zero-order chi connectivity index (χ0) is 19.1. The fraction of sp³-hybridized carbons (Fsp3) is 0.300. The predicted octanol–water partition coefficient (Wildman–Crippen LogP) is 2.31. The van der Waals surface area contributed by atoms with Crippen LogP contribution in [0.15, 0.2) is 54.6 Å². The van der Waals surface area contributed by atoms with Crippen molar-refractivity contribution in [2.24, 2.45) is 0 Å². The zero-order valence-electron chi connectivity index (χ0n) is 14.8. The minimum atomic E-state index is -1.01. The number of aromatic carboxylic acids is 1. The van der Waals surface area contributed by atoms with E-state index in [2.05, 4.69) is 0 Å². The summed E-state index contributed by atoms with van der Waals surface area (Å²) < 4.78 is 4.86. The molecular weight excluding hydrogens is 334 g/mol. The largest absolute Gasteiger partial charge is 0.478 e. The number of rotatable bonds is 8. The molecule has 0 aromatic heterocycles. The van der Waals surface area contributed by atoms with Crippen molar-refractivity contribution in [1.29, 1.82) is 0 Å². The van der Waals surface area contributed by atoms with Gasteiger partial charge in [-0.05, 0) is 30.2 Å². The van der Waals surface area contributed by atoms with Crippen molar-refractivity contribution < 1.29 is 24.5 Å². The number of esters is 1. The van der Waals surface area contributed by atoms with E-state index in [1.807, 2.05) is 30.3 Å². The second kappa shape index (κ2) is 9.12. The van der Waals surface area contributed by atoms with Crippen molar-refractivity contribution >= 4 is 11.9 Å². The number of nitrogens with zero attached hydrogens (tertiary/aromatic N) is 1. The summed E-state index contributed by atoms with van der Waals surface area (Å²) in [7, 11) is 1.28. The molecule has 2 aromatic carbocycles. The number of aliphatic hydroxyl groups excluding tert-OH is 1. The number of carbonyl (C=O) groups excluding carboxylic acids is 1. The molecule has 0 heterocycles. The van der Waals surface area contributed by atoms with Crippen LogP contribution in [0.5, 0.6) is 0 Å².